The largest absolute Gasteiger partial charge is 0.504 e. The first-order valence-corrected chi connectivity index (χ1v) is 6.28. The maximum Gasteiger partial charge on any atom is 0.160 e. The van der Waals surface area contributed by atoms with Crippen LogP contribution in [0.15, 0.2) is 18.2 Å². The van der Waals surface area contributed by atoms with Crippen LogP contribution in [-0.2, 0) is 4.74 Å². The molecule has 0 saturated carbocycles. The van der Waals surface area contributed by atoms with E-state index >= 15 is 0 Å². The third-order valence-electron chi connectivity index (χ3n) is 3.28. The van der Waals surface area contributed by atoms with Gasteiger partial charge in [-0.3, -0.25) is 4.90 Å². The molecule has 0 spiro atoms. The van der Waals surface area contributed by atoms with Crippen molar-refractivity contribution in [3.05, 3.63) is 23.8 Å². The van der Waals surface area contributed by atoms with Crippen molar-refractivity contribution in [1.82, 2.24) is 4.90 Å². The molecule has 0 radical (unpaired) electrons. The smallest absolute Gasteiger partial charge is 0.160 e. The highest BCUT2D eigenvalue weighted by molar-refractivity contribution is 5.43. The lowest BCUT2D eigenvalue weighted by atomic mass is 10.0. The van der Waals surface area contributed by atoms with Gasteiger partial charge in [0.15, 0.2) is 11.5 Å². The van der Waals surface area contributed by atoms with Crippen LogP contribution < -0.4 is 4.74 Å². The zero-order valence-corrected chi connectivity index (χ0v) is 11.2. The molecule has 1 N–H and O–H groups in total. The first-order valence-electron chi connectivity index (χ1n) is 6.28. The second-order valence-corrected chi connectivity index (χ2v) is 4.64. The molecule has 0 aliphatic carbocycles. The minimum absolute atomic E-state index is 0.0817. The Kier molecular flexibility index (Phi) is 4.25. The van der Waals surface area contributed by atoms with Gasteiger partial charge in [-0.2, -0.15) is 5.26 Å². The van der Waals surface area contributed by atoms with Crippen molar-refractivity contribution in [3.8, 4) is 17.6 Å². The summed E-state index contributed by atoms with van der Waals surface area (Å²) in [6.07, 6.45) is 0.128. The number of hydrogen-bond acceptors (Lipinski definition) is 5. The number of rotatable bonds is 3. The predicted molar refractivity (Wildman–Crippen MR) is 70.0 cm³/mol. The van der Waals surface area contributed by atoms with E-state index in [1.165, 1.54) is 7.11 Å². The molecule has 102 valence electrons. The SMILES string of the molecule is COc1cc([C@H](C#N)N2CCO[C@@H](C)C2)ccc1O. The molecule has 0 aromatic heterocycles. The van der Waals surface area contributed by atoms with Gasteiger partial charge < -0.3 is 14.6 Å². The lowest BCUT2D eigenvalue weighted by Crippen LogP contribution is -2.42. The van der Waals surface area contributed by atoms with E-state index in [4.69, 9.17) is 9.47 Å². The fourth-order valence-corrected chi connectivity index (χ4v) is 2.31. The number of methoxy groups -OCH3 is 1. The molecular weight excluding hydrogens is 244 g/mol. The number of morpholine rings is 1. The summed E-state index contributed by atoms with van der Waals surface area (Å²) in [7, 11) is 1.50. The van der Waals surface area contributed by atoms with Crippen LogP contribution in [0.5, 0.6) is 11.5 Å². The number of phenols is 1. The fraction of sp³-hybridized carbons (Fsp3) is 0.500. The summed E-state index contributed by atoms with van der Waals surface area (Å²) in [6, 6.07) is 6.99. The average Bonchev–Trinajstić information content (AvgIpc) is 2.41. The highest BCUT2D eigenvalue weighted by Crippen LogP contribution is 2.31. The third kappa shape index (κ3) is 2.98. The first kappa shape index (κ1) is 13.7. The van der Waals surface area contributed by atoms with Gasteiger partial charge >= 0.3 is 0 Å². The Labute approximate surface area is 113 Å². The molecule has 1 saturated heterocycles. The molecule has 5 nitrogen and oxygen atoms in total. The number of hydrogen-bond donors (Lipinski definition) is 1. The standard InChI is InChI=1S/C14H18N2O3/c1-10-9-16(5-6-19-10)12(8-15)11-3-4-13(17)14(7-11)18-2/h3-4,7,10,12,17H,5-6,9H2,1-2H3/t10-,12-/m0/s1. The van der Waals surface area contributed by atoms with Gasteiger partial charge in [-0.1, -0.05) is 6.07 Å². The van der Waals surface area contributed by atoms with E-state index in [0.29, 0.717) is 12.4 Å². The molecule has 1 aliphatic heterocycles. The van der Waals surface area contributed by atoms with E-state index in [1.807, 2.05) is 6.92 Å². The van der Waals surface area contributed by atoms with Gasteiger partial charge in [-0.15, -0.1) is 0 Å². The van der Waals surface area contributed by atoms with Gasteiger partial charge in [-0.25, -0.2) is 0 Å². The van der Waals surface area contributed by atoms with Gasteiger partial charge in [0.2, 0.25) is 0 Å². The lowest BCUT2D eigenvalue weighted by molar-refractivity contribution is -0.0269. The van der Waals surface area contributed by atoms with E-state index in [-0.39, 0.29) is 17.9 Å². The zero-order chi connectivity index (χ0) is 13.8. The number of benzene rings is 1. The fourth-order valence-electron chi connectivity index (χ4n) is 2.31. The van der Waals surface area contributed by atoms with Crippen LogP contribution in [0.4, 0.5) is 0 Å². The van der Waals surface area contributed by atoms with Crippen LogP contribution in [-0.4, -0.2) is 42.9 Å². The number of ether oxygens (including phenoxy) is 2. The topological polar surface area (TPSA) is 65.7 Å². The Balaban J connectivity index is 2.24. The highest BCUT2D eigenvalue weighted by atomic mass is 16.5. The van der Waals surface area contributed by atoms with Gasteiger partial charge in [0.25, 0.3) is 0 Å². The summed E-state index contributed by atoms with van der Waals surface area (Å²) in [4.78, 5) is 2.08. The Morgan fingerprint density at radius 3 is 3.00 bits per heavy atom. The van der Waals surface area contributed by atoms with Gasteiger partial charge in [-0.05, 0) is 24.6 Å². The van der Waals surface area contributed by atoms with Crippen LogP contribution >= 0.6 is 0 Å². The summed E-state index contributed by atoms with van der Waals surface area (Å²) in [5, 5.41) is 19.0. The second-order valence-electron chi connectivity index (χ2n) is 4.64. The summed E-state index contributed by atoms with van der Waals surface area (Å²) in [5.74, 6) is 0.470. The first-order chi connectivity index (χ1) is 9.15. The van der Waals surface area contributed by atoms with E-state index in [1.54, 1.807) is 18.2 Å². The van der Waals surface area contributed by atoms with Crippen LogP contribution in [0.3, 0.4) is 0 Å². The van der Waals surface area contributed by atoms with Gasteiger partial charge in [0.05, 0.1) is 25.9 Å². The van der Waals surface area contributed by atoms with Crippen LogP contribution in [0, 0.1) is 11.3 Å². The summed E-state index contributed by atoms with van der Waals surface area (Å²) in [5.41, 5.74) is 0.825. The van der Waals surface area contributed by atoms with E-state index < -0.39 is 0 Å². The Morgan fingerprint density at radius 1 is 1.58 bits per heavy atom. The highest BCUT2D eigenvalue weighted by Gasteiger charge is 2.26. The third-order valence-corrected chi connectivity index (χ3v) is 3.28. The summed E-state index contributed by atoms with van der Waals surface area (Å²) >= 11 is 0. The van der Waals surface area contributed by atoms with Crippen molar-refractivity contribution in [2.45, 2.75) is 19.1 Å². The van der Waals surface area contributed by atoms with Crippen LogP contribution in [0.2, 0.25) is 0 Å². The van der Waals surface area contributed by atoms with Crippen molar-refractivity contribution in [2.24, 2.45) is 0 Å². The maximum absolute atomic E-state index is 9.60. The Bertz CT molecular complexity index is 484. The van der Waals surface area contributed by atoms with Crippen LogP contribution in [0.1, 0.15) is 18.5 Å². The van der Waals surface area contributed by atoms with Crippen molar-refractivity contribution >= 4 is 0 Å². The molecule has 0 bridgehead atoms. The van der Waals surface area contributed by atoms with Crippen molar-refractivity contribution < 1.29 is 14.6 Å². The molecular formula is C14H18N2O3. The molecule has 5 heteroatoms. The molecule has 1 aliphatic rings. The van der Waals surface area contributed by atoms with Crippen molar-refractivity contribution in [2.75, 3.05) is 26.8 Å². The molecule has 2 rings (SSSR count). The van der Waals surface area contributed by atoms with Gasteiger partial charge in [0.1, 0.15) is 6.04 Å². The minimum Gasteiger partial charge on any atom is -0.504 e. The summed E-state index contributed by atoms with van der Waals surface area (Å²) in [6.45, 7) is 4.08. The normalized spacial score (nSPS) is 21.6. The maximum atomic E-state index is 9.60. The van der Waals surface area contributed by atoms with Crippen molar-refractivity contribution in [3.63, 3.8) is 0 Å². The Hall–Kier alpha value is -1.77. The minimum atomic E-state index is -0.346. The van der Waals surface area contributed by atoms with Crippen LogP contribution in [0.25, 0.3) is 0 Å². The predicted octanol–water partition coefficient (Wildman–Crippen LogP) is 1.69. The number of nitrogens with zero attached hydrogens (tertiary/aromatic N) is 2. The molecule has 0 amide bonds. The average molecular weight is 262 g/mol. The van der Waals surface area contributed by atoms with E-state index in [2.05, 4.69) is 11.0 Å². The van der Waals surface area contributed by atoms with Gasteiger partial charge in [0, 0.05) is 13.1 Å². The van der Waals surface area contributed by atoms with Crippen molar-refractivity contribution in [1.29, 1.82) is 5.26 Å². The molecule has 0 unspecified atom stereocenters. The number of phenolic OH excluding ortho intramolecular Hbond substituents is 1. The molecule has 1 aromatic carbocycles. The number of aromatic hydroxyl groups is 1. The monoisotopic (exact) mass is 262 g/mol. The van der Waals surface area contributed by atoms with E-state index in [9.17, 15) is 10.4 Å². The van der Waals surface area contributed by atoms with E-state index in [0.717, 1.165) is 18.7 Å². The molecule has 1 aromatic rings. The molecule has 1 fully saturated rings. The molecule has 2 atom stereocenters. The Morgan fingerprint density at radius 2 is 2.37 bits per heavy atom. The molecule has 19 heavy (non-hydrogen) atoms. The second kappa shape index (κ2) is 5.91. The zero-order valence-electron chi connectivity index (χ0n) is 11.2. The number of nitriles is 1. The summed E-state index contributed by atoms with van der Waals surface area (Å²) < 4.78 is 10.6. The quantitative estimate of drug-likeness (QED) is 0.898. The lowest BCUT2D eigenvalue weighted by Gasteiger charge is -2.34. The molecule has 1 heterocycles.